The van der Waals surface area contributed by atoms with Crippen LogP contribution in [0.5, 0.6) is 11.5 Å². The Hall–Kier alpha value is -2.51. The third kappa shape index (κ3) is 7.88. The number of phenolic OH excluding ortho intramolecular Hbond substituents is 2. The number of halogens is 2. The van der Waals surface area contributed by atoms with Crippen LogP contribution in [0.1, 0.15) is 30.4 Å². The highest BCUT2D eigenvalue weighted by atomic mass is 35.5. The maximum atomic E-state index is 12.5. The first-order valence-corrected chi connectivity index (χ1v) is 10.1. The number of nitrogens with two attached hydrogens (primary N) is 2. The van der Waals surface area contributed by atoms with Gasteiger partial charge in [0.15, 0.2) is 0 Å². The number of phenols is 2. The molecule has 7 N–H and O–H groups in total. The summed E-state index contributed by atoms with van der Waals surface area (Å²) in [4.78, 5) is 12.5. The van der Waals surface area contributed by atoms with Crippen LogP contribution < -0.4 is 16.8 Å². The largest absolute Gasteiger partial charge is 0.507 e. The number of hydrogen-bond donors (Lipinski definition) is 5. The molecule has 32 heavy (non-hydrogen) atoms. The summed E-state index contributed by atoms with van der Waals surface area (Å²) in [7, 11) is 0. The average molecular weight is 482 g/mol. The van der Waals surface area contributed by atoms with E-state index in [9.17, 15) is 15.0 Å². The van der Waals surface area contributed by atoms with Gasteiger partial charge in [0.2, 0.25) is 5.91 Å². The molecule has 1 amide bonds. The predicted molar refractivity (Wildman–Crippen MR) is 137 cm³/mol. The Kier molecular flexibility index (Phi) is 13.4. The van der Waals surface area contributed by atoms with Gasteiger partial charge in [0, 0.05) is 11.1 Å². The van der Waals surface area contributed by atoms with Crippen molar-refractivity contribution in [3.8, 4) is 22.6 Å². The highest BCUT2D eigenvalue weighted by Crippen LogP contribution is 2.41. The normalized spacial score (nSPS) is 10.9. The fourth-order valence-corrected chi connectivity index (χ4v) is 3.24. The number of rotatable bonds is 11. The Balaban J connectivity index is 0.00000480. The van der Waals surface area contributed by atoms with Gasteiger partial charge < -0.3 is 27.0 Å². The lowest BCUT2D eigenvalue weighted by atomic mass is 9.96. The van der Waals surface area contributed by atoms with Crippen LogP contribution in [0.2, 0.25) is 0 Å². The van der Waals surface area contributed by atoms with E-state index < -0.39 is 6.04 Å². The lowest BCUT2D eigenvalue weighted by molar-refractivity contribution is -0.117. The molecule has 6 nitrogen and oxygen atoms in total. The molecule has 2 aromatic rings. The van der Waals surface area contributed by atoms with Crippen molar-refractivity contribution >= 4 is 36.4 Å². The van der Waals surface area contributed by atoms with Crippen molar-refractivity contribution in [2.45, 2.75) is 38.1 Å². The number of benzene rings is 2. The molecule has 1 atom stereocenters. The van der Waals surface area contributed by atoms with Gasteiger partial charge in [-0.2, -0.15) is 0 Å². The fourth-order valence-electron chi connectivity index (χ4n) is 3.24. The van der Waals surface area contributed by atoms with Gasteiger partial charge >= 0.3 is 0 Å². The minimum atomic E-state index is -0.702. The number of anilines is 1. The number of hydrogen-bond acceptors (Lipinski definition) is 5. The molecule has 0 aliphatic rings. The molecule has 0 radical (unpaired) electrons. The van der Waals surface area contributed by atoms with E-state index in [0.717, 1.165) is 24.0 Å². The molecule has 8 heteroatoms. The van der Waals surface area contributed by atoms with Crippen LogP contribution >= 0.6 is 24.8 Å². The van der Waals surface area contributed by atoms with Crippen molar-refractivity contribution in [2.24, 2.45) is 11.5 Å². The second kappa shape index (κ2) is 14.5. The molecule has 0 aromatic heterocycles. The third-order valence-corrected chi connectivity index (χ3v) is 4.84. The lowest BCUT2D eigenvalue weighted by Gasteiger charge is -2.17. The van der Waals surface area contributed by atoms with E-state index in [2.05, 4.69) is 18.5 Å². The topological polar surface area (TPSA) is 122 Å². The van der Waals surface area contributed by atoms with Crippen LogP contribution in [0.15, 0.2) is 55.6 Å². The molecule has 0 saturated carbocycles. The SMILES string of the molecule is C=CCc1ccc(O)c(-c2cc(CC=C)cc(NC(=O)[C@H](N)CCCCN)c2O)c1.Cl.Cl. The quantitative estimate of drug-likeness (QED) is 0.184. The van der Waals surface area contributed by atoms with Crippen LogP contribution in [-0.2, 0) is 17.6 Å². The maximum Gasteiger partial charge on any atom is 0.241 e. The first-order chi connectivity index (χ1) is 14.4. The first kappa shape index (κ1) is 29.5. The van der Waals surface area contributed by atoms with E-state index in [1.807, 2.05) is 0 Å². The highest BCUT2D eigenvalue weighted by Gasteiger charge is 2.19. The second-order valence-electron chi connectivity index (χ2n) is 7.26. The molecule has 0 fully saturated rings. The van der Waals surface area contributed by atoms with Gasteiger partial charge in [-0.25, -0.2) is 0 Å². The van der Waals surface area contributed by atoms with Gasteiger partial charge in [0.25, 0.3) is 0 Å². The molecule has 0 spiro atoms. The molecule has 176 valence electrons. The van der Waals surface area contributed by atoms with E-state index in [-0.39, 0.29) is 47.9 Å². The number of unbranched alkanes of at least 4 members (excludes halogenated alkanes) is 1. The third-order valence-electron chi connectivity index (χ3n) is 4.84. The minimum Gasteiger partial charge on any atom is -0.507 e. The molecule has 0 unspecified atom stereocenters. The summed E-state index contributed by atoms with van der Waals surface area (Å²) in [6.45, 7) is 8.05. The summed E-state index contributed by atoms with van der Waals surface area (Å²) in [6, 6.07) is 7.95. The van der Waals surface area contributed by atoms with Crippen molar-refractivity contribution in [1.82, 2.24) is 0 Å². The van der Waals surface area contributed by atoms with Crippen LogP contribution in [0.4, 0.5) is 5.69 Å². The van der Waals surface area contributed by atoms with Crippen molar-refractivity contribution in [3.63, 3.8) is 0 Å². The number of nitrogens with one attached hydrogen (secondary N) is 1. The van der Waals surface area contributed by atoms with Crippen LogP contribution in [0, 0.1) is 0 Å². The minimum absolute atomic E-state index is 0. The summed E-state index contributed by atoms with van der Waals surface area (Å²) in [5.74, 6) is -0.477. The van der Waals surface area contributed by atoms with Gasteiger partial charge in [-0.05, 0) is 67.6 Å². The standard InChI is InChI=1S/C24H31N3O3.2ClH/c1-3-7-16-10-11-22(28)18(13-16)19-14-17(8-4-2)15-21(23(19)29)27-24(30)20(26)9-5-6-12-25;;/h3-4,10-11,13-15,20,28-29H,1-2,5-9,12,25-26H2,(H,27,30);2*1H/t20-;;/m1../s1. The van der Waals surface area contributed by atoms with E-state index in [0.29, 0.717) is 36.9 Å². The van der Waals surface area contributed by atoms with Crippen molar-refractivity contribution in [1.29, 1.82) is 0 Å². The Morgan fingerprint density at radius 2 is 1.62 bits per heavy atom. The van der Waals surface area contributed by atoms with Crippen molar-refractivity contribution < 1.29 is 15.0 Å². The summed E-state index contributed by atoms with van der Waals surface area (Å²) in [5, 5.41) is 24.0. The van der Waals surface area contributed by atoms with E-state index in [1.54, 1.807) is 42.5 Å². The summed E-state index contributed by atoms with van der Waals surface area (Å²) in [5.41, 5.74) is 14.4. The van der Waals surface area contributed by atoms with Crippen LogP contribution in [0.3, 0.4) is 0 Å². The molecular formula is C24H33Cl2N3O3. The number of carbonyl (C=O) groups is 1. The van der Waals surface area contributed by atoms with Gasteiger partial charge in [0.1, 0.15) is 11.5 Å². The van der Waals surface area contributed by atoms with Crippen molar-refractivity contribution in [3.05, 3.63) is 66.8 Å². The summed E-state index contributed by atoms with van der Waals surface area (Å²) < 4.78 is 0. The zero-order valence-electron chi connectivity index (χ0n) is 18.0. The number of aromatic hydroxyl groups is 2. The van der Waals surface area contributed by atoms with Gasteiger partial charge in [0.05, 0.1) is 11.7 Å². The maximum absolute atomic E-state index is 12.5. The van der Waals surface area contributed by atoms with E-state index in [4.69, 9.17) is 11.5 Å². The van der Waals surface area contributed by atoms with Gasteiger partial charge in [-0.1, -0.05) is 24.6 Å². The summed E-state index contributed by atoms with van der Waals surface area (Å²) in [6.07, 6.45) is 6.71. The lowest BCUT2D eigenvalue weighted by Crippen LogP contribution is -2.35. The first-order valence-electron chi connectivity index (χ1n) is 10.1. The van der Waals surface area contributed by atoms with Gasteiger partial charge in [-0.15, -0.1) is 38.0 Å². The van der Waals surface area contributed by atoms with Crippen LogP contribution in [-0.4, -0.2) is 28.7 Å². The smallest absolute Gasteiger partial charge is 0.241 e. The molecule has 0 saturated heterocycles. The Labute approximate surface area is 202 Å². The zero-order valence-corrected chi connectivity index (χ0v) is 19.7. The number of amides is 1. The Bertz CT molecular complexity index is 920. The molecule has 0 aliphatic carbocycles. The zero-order chi connectivity index (χ0) is 22.1. The molecule has 2 aromatic carbocycles. The predicted octanol–water partition coefficient (Wildman–Crippen LogP) is 4.46. The monoisotopic (exact) mass is 481 g/mol. The second-order valence-corrected chi connectivity index (χ2v) is 7.26. The van der Waals surface area contributed by atoms with Crippen molar-refractivity contribution in [2.75, 3.05) is 11.9 Å². The van der Waals surface area contributed by atoms with Crippen LogP contribution in [0.25, 0.3) is 11.1 Å². The molecular weight excluding hydrogens is 449 g/mol. The molecule has 0 bridgehead atoms. The highest BCUT2D eigenvalue weighted by molar-refractivity contribution is 5.97. The fraction of sp³-hybridized carbons (Fsp3) is 0.292. The molecule has 0 heterocycles. The number of allylic oxidation sites excluding steroid dienone is 2. The average Bonchev–Trinajstić information content (AvgIpc) is 2.72. The Morgan fingerprint density at radius 1 is 1.00 bits per heavy atom. The Morgan fingerprint density at radius 3 is 2.25 bits per heavy atom. The number of carbonyl (C=O) groups excluding carboxylic acids is 1. The van der Waals surface area contributed by atoms with E-state index in [1.165, 1.54) is 0 Å². The molecule has 2 rings (SSSR count). The van der Waals surface area contributed by atoms with E-state index >= 15 is 0 Å². The summed E-state index contributed by atoms with van der Waals surface area (Å²) >= 11 is 0. The molecule has 0 aliphatic heterocycles. The van der Waals surface area contributed by atoms with Gasteiger partial charge in [-0.3, -0.25) is 4.79 Å².